The Hall–Kier alpha value is -3.28. The highest BCUT2D eigenvalue weighted by Gasteiger charge is 2.48. The highest BCUT2D eigenvalue weighted by molar-refractivity contribution is 5.40. The second-order valence-electron chi connectivity index (χ2n) is 16.7. The molecule has 4 saturated heterocycles. The van der Waals surface area contributed by atoms with Gasteiger partial charge < -0.3 is 18.9 Å². The first-order valence-corrected chi connectivity index (χ1v) is 20.1. The molecule has 4 heterocycles. The summed E-state index contributed by atoms with van der Waals surface area (Å²) in [6, 6.07) is 41.7. The maximum absolute atomic E-state index is 5.67. The molecule has 7 aliphatic rings. The maximum atomic E-state index is 5.67. The van der Waals surface area contributed by atoms with Crippen molar-refractivity contribution in [2.75, 3.05) is 26.4 Å². The molecule has 0 amide bonds. The van der Waals surface area contributed by atoms with Gasteiger partial charge in [0.1, 0.15) is 11.2 Å². The van der Waals surface area contributed by atoms with Gasteiger partial charge in [-0.25, -0.2) is 0 Å². The first kappa shape index (κ1) is 37.1. The summed E-state index contributed by atoms with van der Waals surface area (Å²) in [5, 5.41) is 0. The Bertz CT molecular complexity index is 1580. The molecule has 4 nitrogen and oxygen atoms in total. The number of epoxide rings is 4. The van der Waals surface area contributed by atoms with Crippen LogP contribution in [-0.2, 0) is 36.6 Å². The SMILES string of the molecule is C1CCC2(C1)CC2.C1CCC2(CC1)CO2.CC1(CCc2ccccc2)CO1.CC1(c2ccccc2)CO1.c1ccc(C2(c3ccccc3)CO2)cc1. The van der Waals surface area contributed by atoms with Gasteiger partial charge in [-0.15, -0.1) is 0 Å². The molecule has 3 aliphatic carbocycles. The minimum absolute atomic E-state index is 0.0429. The summed E-state index contributed by atoms with van der Waals surface area (Å²) in [4.78, 5) is 0. The van der Waals surface area contributed by atoms with E-state index in [4.69, 9.17) is 18.9 Å². The van der Waals surface area contributed by atoms with E-state index in [2.05, 4.69) is 105 Å². The van der Waals surface area contributed by atoms with Crippen LogP contribution in [0.25, 0.3) is 0 Å². The number of ether oxygens (including phenoxy) is 4. The number of aryl methyl sites for hydroxylation is 1. The molecule has 0 N–H and O–H groups in total. The number of hydrogen-bond acceptors (Lipinski definition) is 4. The normalized spacial score (nSPS) is 26.7. The molecule has 4 heteroatoms. The van der Waals surface area contributed by atoms with Crippen molar-refractivity contribution in [2.24, 2.45) is 5.41 Å². The average molecular weight is 701 g/mol. The molecule has 4 aromatic rings. The standard InChI is InChI=1S/C14H12O.C11H14O.C9H10O.C7H12O.C7H12/c1-3-7-12(8-4-1)14(11-15-14)13-9-5-2-6-10-13;1-11(9-12-11)8-7-10-5-3-2-4-6-10;1-9(7-10-9)8-5-3-2-4-6-8;1-2-4-7(5-3-1)6-8-7;1-2-4-7(3-1)5-6-7/h1-10H,11H2;2-6H,7-9H2,1H3;2-6H,7H2,1H3;1-6H2;1-6H2. The highest BCUT2D eigenvalue weighted by Crippen LogP contribution is 2.57. The molecule has 2 atom stereocenters. The lowest BCUT2D eigenvalue weighted by atomic mass is 9.90. The molecule has 276 valence electrons. The van der Waals surface area contributed by atoms with Crippen LogP contribution in [0, 0.1) is 5.41 Å². The van der Waals surface area contributed by atoms with Gasteiger partial charge in [-0.3, -0.25) is 0 Å². The quantitative estimate of drug-likeness (QED) is 0.188. The van der Waals surface area contributed by atoms with Crippen molar-refractivity contribution < 1.29 is 18.9 Å². The van der Waals surface area contributed by atoms with Gasteiger partial charge in [-0.05, 0) is 92.9 Å². The summed E-state index contributed by atoms with van der Waals surface area (Å²) in [5.74, 6) is 0. The largest absolute Gasteiger partial charge is 0.370 e. The Labute approximate surface area is 313 Å². The molecule has 3 saturated carbocycles. The third kappa shape index (κ3) is 10.4. The summed E-state index contributed by atoms with van der Waals surface area (Å²) >= 11 is 0. The fourth-order valence-electron chi connectivity index (χ4n) is 7.76. The monoisotopic (exact) mass is 700 g/mol. The topological polar surface area (TPSA) is 50.1 Å². The van der Waals surface area contributed by atoms with E-state index in [0.717, 1.165) is 44.7 Å². The van der Waals surface area contributed by atoms with Crippen molar-refractivity contribution in [3.8, 4) is 0 Å². The molecule has 2 spiro atoms. The van der Waals surface area contributed by atoms with Crippen LogP contribution in [0.5, 0.6) is 0 Å². The summed E-state index contributed by atoms with van der Waals surface area (Å²) in [6.45, 7) is 7.96. The summed E-state index contributed by atoms with van der Waals surface area (Å²) in [5.41, 5.74) is 6.65. The van der Waals surface area contributed by atoms with Crippen LogP contribution in [0.4, 0.5) is 0 Å². The average Bonchev–Trinajstić information content (AvgIpc) is 3.95. The molecule has 0 aromatic heterocycles. The van der Waals surface area contributed by atoms with Crippen LogP contribution in [0.15, 0.2) is 121 Å². The minimum atomic E-state index is -0.164. The Kier molecular flexibility index (Phi) is 11.7. The van der Waals surface area contributed by atoms with Crippen molar-refractivity contribution >= 4 is 0 Å². The second kappa shape index (κ2) is 16.4. The second-order valence-corrected chi connectivity index (χ2v) is 16.7. The minimum Gasteiger partial charge on any atom is -0.370 e. The Morgan fingerprint density at radius 2 is 0.885 bits per heavy atom. The van der Waals surface area contributed by atoms with Gasteiger partial charge in [0.05, 0.1) is 37.6 Å². The van der Waals surface area contributed by atoms with Gasteiger partial charge in [0.25, 0.3) is 0 Å². The van der Waals surface area contributed by atoms with E-state index >= 15 is 0 Å². The van der Waals surface area contributed by atoms with E-state index in [-0.39, 0.29) is 16.8 Å². The van der Waals surface area contributed by atoms with Crippen LogP contribution >= 0.6 is 0 Å². The molecule has 4 aromatic carbocycles. The number of hydrogen-bond donors (Lipinski definition) is 0. The summed E-state index contributed by atoms with van der Waals surface area (Å²) in [7, 11) is 0. The molecule has 2 unspecified atom stereocenters. The van der Waals surface area contributed by atoms with Crippen LogP contribution in [-0.4, -0.2) is 37.6 Å². The van der Waals surface area contributed by atoms with E-state index in [0.29, 0.717) is 5.60 Å². The molecule has 4 aliphatic heterocycles. The zero-order chi connectivity index (χ0) is 35.8. The fraction of sp³-hybridized carbons (Fsp3) is 0.500. The van der Waals surface area contributed by atoms with Crippen LogP contribution in [0.2, 0.25) is 0 Å². The maximum Gasteiger partial charge on any atom is 0.142 e. The van der Waals surface area contributed by atoms with Crippen LogP contribution in [0.1, 0.15) is 113 Å². The van der Waals surface area contributed by atoms with E-state index in [1.54, 1.807) is 25.7 Å². The third-order valence-corrected chi connectivity index (χ3v) is 12.2. The van der Waals surface area contributed by atoms with Gasteiger partial charge in [-0.2, -0.15) is 0 Å². The zero-order valence-corrected chi connectivity index (χ0v) is 31.7. The van der Waals surface area contributed by atoms with Crippen molar-refractivity contribution in [3.63, 3.8) is 0 Å². The van der Waals surface area contributed by atoms with Crippen molar-refractivity contribution in [3.05, 3.63) is 144 Å². The van der Waals surface area contributed by atoms with Crippen LogP contribution in [0.3, 0.4) is 0 Å². The van der Waals surface area contributed by atoms with Gasteiger partial charge in [0.15, 0.2) is 0 Å². The van der Waals surface area contributed by atoms with E-state index in [1.807, 2.05) is 30.3 Å². The molecule has 7 fully saturated rings. The van der Waals surface area contributed by atoms with Gasteiger partial charge in [0, 0.05) is 0 Å². The number of rotatable bonds is 6. The predicted octanol–water partition coefficient (Wildman–Crippen LogP) is 11.4. The smallest absolute Gasteiger partial charge is 0.142 e. The Balaban J connectivity index is 0.000000104. The fourth-order valence-corrected chi connectivity index (χ4v) is 7.76. The summed E-state index contributed by atoms with van der Waals surface area (Å²) < 4.78 is 21.6. The van der Waals surface area contributed by atoms with Crippen molar-refractivity contribution in [2.45, 2.75) is 120 Å². The molecular weight excluding hydrogens is 641 g/mol. The van der Waals surface area contributed by atoms with Gasteiger partial charge >= 0.3 is 0 Å². The van der Waals surface area contributed by atoms with Crippen molar-refractivity contribution in [1.82, 2.24) is 0 Å². The first-order valence-electron chi connectivity index (χ1n) is 20.1. The molecule has 11 rings (SSSR count). The van der Waals surface area contributed by atoms with Gasteiger partial charge in [-0.1, -0.05) is 153 Å². The lowest BCUT2D eigenvalue weighted by Crippen LogP contribution is -2.14. The lowest BCUT2D eigenvalue weighted by Gasteiger charge is -2.16. The summed E-state index contributed by atoms with van der Waals surface area (Å²) in [6.07, 6.45) is 18.5. The lowest BCUT2D eigenvalue weighted by molar-refractivity contribution is 0.237. The molecule has 0 radical (unpaired) electrons. The first-order chi connectivity index (χ1) is 25.3. The van der Waals surface area contributed by atoms with E-state index in [1.165, 1.54) is 67.2 Å². The highest BCUT2D eigenvalue weighted by atomic mass is 16.6. The van der Waals surface area contributed by atoms with Gasteiger partial charge in [0.2, 0.25) is 0 Å². The Morgan fingerprint density at radius 1 is 0.442 bits per heavy atom. The molecular formula is C48H60O4. The predicted molar refractivity (Wildman–Crippen MR) is 210 cm³/mol. The third-order valence-electron chi connectivity index (χ3n) is 12.2. The number of benzene rings is 4. The van der Waals surface area contributed by atoms with Crippen molar-refractivity contribution in [1.29, 1.82) is 0 Å². The molecule has 0 bridgehead atoms. The van der Waals surface area contributed by atoms with Crippen LogP contribution < -0.4 is 0 Å². The Morgan fingerprint density at radius 3 is 1.25 bits per heavy atom. The molecule has 52 heavy (non-hydrogen) atoms. The van der Waals surface area contributed by atoms with E-state index < -0.39 is 0 Å². The zero-order valence-electron chi connectivity index (χ0n) is 31.7. The van der Waals surface area contributed by atoms with E-state index in [9.17, 15) is 0 Å².